The summed E-state index contributed by atoms with van der Waals surface area (Å²) in [5.41, 5.74) is 3.88. The zero-order chi connectivity index (χ0) is 9.14. The molecule has 0 aromatic heterocycles. The summed E-state index contributed by atoms with van der Waals surface area (Å²) in [5, 5.41) is 8.68. The molecule has 0 bridgehead atoms. The van der Waals surface area contributed by atoms with Gasteiger partial charge in [0.15, 0.2) is 0 Å². The van der Waals surface area contributed by atoms with Gasteiger partial charge in [-0.15, -0.1) is 0 Å². The molecule has 1 aromatic rings. The first kappa shape index (κ1) is 8.55. The fourth-order valence-corrected chi connectivity index (χ4v) is 1.05. The van der Waals surface area contributed by atoms with E-state index in [1.807, 2.05) is 32.0 Å². The van der Waals surface area contributed by atoms with E-state index in [-0.39, 0.29) is 0 Å². The highest BCUT2D eigenvalue weighted by molar-refractivity contribution is 5.63. The van der Waals surface area contributed by atoms with Crippen LogP contribution in [0.1, 0.15) is 23.6 Å². The second-order valence-electron chi connectivity index (χ2n) is 2.92. The van der Waals surface area contributed by atoms with Crippen LogP contribution in [0.5, 0.6) is 0 Å². The van der Waals surface area contributed by atoms with Gasteiger partial charge in [0.1, 0.15) is 0 Å². The van der Waals surface area contributed by atoms with Crippen LogP contribution in [0.4, 0.5) is 0 Å². The summed E-state index contributed by atoms with van der Waals surface area (Å²) in [6.07, 6.45) is 0. The average Bonchev–Trinajstić information content (AvgIpc) is 2.04. The van der Waals surface area contributed by atoms with Crippen LogP contribution in [0.2, 0.25) is 0 Å². The van der Waals surface area contributed by atoms with Gasteiger partial charge in [-0.2, -0.15) is 5.26 Å². The molecule has 1 aromatic carbocycles. The summed E-state index contributed by atoms with van der Waals surface area (Å²) >= 11 is 0. The molecule has 0 heterocycles. The van der Waals surface area contributed by atoms with Gasteiger partial charge in [-0.1, -0.05) is 24.3 Å². The van der Waals surface area contributed by atoms with Crippen molar-refractivity contribution in [3.8, 4) is 6.07 Å². The van der Waals surface area contributed by atoms with Crippen LogP contribution < -0.4 is 0 Å². The normalized spacial score (nSPS) is 9.08. The molecule has 0 N–H and O–H groups in total. The molecule has 0 aliphatic carbocycles. The summed E-state index contributed by atoms with van der Waals surface area (Å²) in [4.78, 5) is 0. The van der Waals surface area contributed by atoms with E-state index in [4.69, 9.17) is 5.26 Å². The van der Waals surface area contributed by atoms with E-state index in [9.17, 15) is 0 Å². The molecule has 60 valence electrons. The van der Waals surface area contributed by atoms with Gasteiger partial charge < -0.3 is 0 Å². The van der Waals surface area contributed by atoms with Crippen LogP contribution in [0, 0.1) is 18.3 Å². The third-order valence-electron chi connectivity index (χ3n) is 1.84. The highest BCUT2D eigenvalue weighted by atomic mass is 14.2. The maximum Gasteiger partial charge on any atom is 0.0994 e. The third kappa shape index (κ3) is 1.54. The summed E-state index contributed by atoms with van der Waals surface area (Å²) < 4.78 is 0. The van der Waals surface area contributed by atoms with Crippen LogP contribution >= 0.6 is 0 Å². The number of benzene rings is 1. The lowest BCUT2D eigenvalue weighted by atomic mass is 10.0. The third-order valence-corrected chi connectivity index (χ3v) is 1.84. The zero-order valence-electron chi connectivity index (χ0n) is 7.39. The SMILES string of the molecule is C=C(C)c1ccc(C#N)c(C)c1. The minimum absolute atomic E-state index is 0.736. The lowest BCUT2D eigenvalue weighted by molar-refractivity contribution is 1.38. The van der Waals surface area contributed by atoms with Gasteiger partial charge >= 0.3 is 0 Å². The topological polar surface area (TPSA) is 23.8 Å². The average molecular weight is 157 g/mol. The first-order valence-electron chi connectivity index (χ1n) is 3.82. The molecule has 1 nitrogen and oxygen atoms in total. The van der Waals surface area contributed by atoms with Gasteiger partial charge in [0.2, 0.25) is 0 Å². The molecule has 12 heavy (non-hydrogen) atoms. The van der Waals surface area contributed by atoms with Gasteiger partial charge in [0, 0.05) is 0 Å². The number of rotatable bonds is 1. The predicted molar refractivity (Wildman–Crippen MR) is 50.6 cm³/mol. The molecule has 0 spiro atoms. The highest BCUT2D eigenvalue weighted by Gasteiger charge is 1.98. The Labute approximate surface area is 73.0 Å². The standard InChI is InChI=1S/C11H11N/c1-8(2)10-4-5-11(7-12)9(3)6-10/h4-6H,1H2,2-3H3. The first-order valence-corrected chi connectivity index (χ1v) is 3.82. The Hall–Kier alpha value is -1.55. The van der Waals surface area contributed by atoms with Gasteiger partial charge in [-0.3, -0.25) is 0 Å². The predicted octanol–water partition coefficient (Wildman–Crippen LogP) is 2.90. The Morgan fingerprint density at radius 2 is 2.17 bits per heavy atom. The van der Waals surface area contributed by atoms with Crippen molar-refractivity contribution in [1.29, 1.82) is 5.26 Å². The van der Waals surface area contributed by atoms with E-state index in [0.29, 0.717) is 0 Å². The molecule has 0 aliphatic rings. The maximum atomic E-state index is 8.68. The van der Waals surface area contributed by atoms with Crippen LogP contribution in [-0.4, -0.2) is 0 Å². The van der Waals surface area contributed by atoms with E-state index in [2.05, 4.69) is 12.6 Å². The molecule has 0 aliphatic heterocycles. The smallest absolute Gasteiger partial charge is 0.0994 e. The van der Waals surface area contributed by atoms with E-state index in [1.54, 1.807) is 0 Å². The van der Waals surface area contributed by atoms with Crippen molar-refractivity contribution in [3.63, 3.8) is 0 Å². The molecular weight excluding hydrogens is 146 g/mol. The van der Waals surface area contributed by atoms with E-state index >= 15 is 0 Å². The first-order chi connectivity index (χ1) is 5.65. The quantitative estimate of drug-likeness (QED) is 0.615. The molecule has 0 radical (unpaired) electrons. The molecule has 0 saturated heterocycles. The molecule has 0 fully saturated rings. The number of hydrogen-bond acceptors (Lipinski definition) is 1. The fraction of sp³-hybridized carbons (Fsp3) is 0.182. The van der Waals surface area contributed by atoms with Crippen molar-refractivity contribution in [2.75, 3.05) is 0 Å². The molecule has 0 atom stereocenters. The molecule has 1 rings (SSSR count). The Kier molecular flexibility index (Phi) is 2.30. The van der Waals surface area contributed by atoms with Crippen molar-refractivity contribution in [1.82, 2.24) is 0 Å². The second kappa shape index (κ2) is 3.23. The number of hydrogen-bond donors (Lipinski definition) is 0. The Morgan fingerprint density at radius 1 is 1.50 bits per heavy atom. The van der Waals surface area contributed by atoms with Crippen molar-refractivity contribution in [2.45, 2.75) is 13.8 Å². The molecule has 0 saturated carbocycles. The molecule has 1 heteroatoms. The van der Waals surface area contributed by atoms with E-state index in [0.717, 1.165) is 22.3 Å². The monoisotopic (exact) mass is 157 g/mol. The largest absolute Gasteiger partial charge is 0.192 e. The lowest BCUT2D eigenvalue weighted by Gasteiger charge is -2.01. The summed E-state index contributed by atoms with van der Waals surface area (Å²) in [5.74, 6) is 0. The molecule has 0 amide bonds. The number of nitrogens with zero attached hydrogens (tertiary/aromatic N) is 1. The fourth-order valence-electron chi connectivity index (χ4n) is 1.05. The second-order valence-corrected chi connectivity index (χ2v) is 2.92. The summed E-state index contributed by atoms with van der Waals surface area (Å²) in [6, 6.07) is 7.88. The lowest BCUT2D eigenvalue weighted by Crippen LogP contribution is -1.84. The summed E-state index contributed by atoms with van der Waals surface area (Å²) in [7, 11) is 0. The minimum Gasteiger partial charge on any atom is -0.192 e. The van der Waals surface area contributed by atoms with Crippen molar-refractivity contribution >= 4 is 5.57 Å². The van der Waals surface area contributed by atoms with Gasteiger partial charge in [-0.05, 0) is 31.0 Å². The van der Waals surface area contributed by atoms with Gasteiger partial charge in [0.05, 0.1) is 11.6 Å². The number of allylic oxidation sites excluding steroid dienone is 1. The Bertz CT molecular complexity index is 356. The Balaban J connectivity index is 3.21. The van der Waals surface area contributed by atoms with E-state index in [1.165, 1.54) is 0 Å². The minimum atomic E-state index is 0.736. The maximum absolute atomic E-state index is 8.68. The highest BCUT2D eigenvalue weighted by Crippen LogP contribution is 2.15. The van der Waals surface area contributed by atoms with Crippen LogP contribution in [0.25, 0.3) is 5.57 Å². The van der Waals surface area contributed by atoms with Crippen molar-refractivity contribution in [3.05, 3.63) is 41.5 Å². The molecule has 0 unspecified atom stereocenters. The summed E-state index contributed by atoms with van der Waals surface area (Å²) in [6.45, 7) is 7.73. The van der Waals surface area contributed by atoms with Crippen LogP contribution in [-0.2, 0) is 0 Å². The van der Waals surface area contributed by atoms with Gasteiger partial charge in [0.25, 0.3) is 0 Å². The van der Waals surface area contributed by atoms with Crippen LogP contribution in [0.3, 0.4) is 0 Å². The van der Waals surface area contributed by atoms with Crippen LogP contribution in [0.15, 0.2) is 24.8 Å². The Morgan fingerprint density at radius 3 is 2.58 bits per heavy atom. The van der Waals surface area contributed by atoms with Crippen molar-refractivity contribution in [2.24, 2.45) is 0 Å². The van der Waals surface area contributed by atoms with Gasteiger partial charge in [-0.25, -0.2) is 0 Å². The molecular formula is C11H11N. The number of aryl methyl sites for hydroxylation is 1. The zero-order valence-corrected chi connectivity index (χ0v) is 7.39. The number of nitriles is 1. The van der Waals surface area contributed by atoms with Crippen molar-refractivity contribution < 1.29 is 0 Å². The van der Waals surface area contributed by atoms with E-state index < -0.39 is 0 Å².